The maximum Gasteiger partial charge on any atom is 0.218 e. The van der Waals surface area contributed by atoms with Crippen molar-refractivity contribution in [1.82, 2.24) is 4.31 Å². The predicted molar refractivity (Wildman–Crippen MR) is 81.8 cm³/mol. The van der Waals surface area contributed by atoms with E-state index in [1.165, 1.54) is 4.31 Å². The average Bonchev–Trinajstić information content (AvgIpc) is 2.60. The van der Waals surface area contributed by atoms with Crippen molar-refractivity contribution >= 4 is 19.9 Å². The quantitative estimate of drug-likeness (QED) is 0.843. The molecule has 1 aliphatic heterocycles. The molecule has 2 rings (SSSR count). The van der Waals surface area contributed by atoms with Gasteiger partial charge in [0.2, 0.25) is 10.0 Å². The van der Waals surface area contributed by atoms with Gasteiger partial charge in [0, 0.05) is 19.6 Å². The maximum absolute atomic E-state index is 12.5. The molecule has 1 heterocycles. The Hall–Kier alpha value is -0.960. The molecular weight excluding hydrogens is 312 g/mol. The van der Waals surface area contributed by atoms with Gasteiger partial charge in [-0.25, -0.2) is 21.1 Å². The smallest absolute Gasteiger partial charge is 0.218 e. The second kappa shape index (κ2) is 6.43. The van der Waals surface area contributed by atoms with E-state index in [2.05, 4.69) is 0 Å². The second-order valence-corrected chi connectivity index (χ2v) is 9.41. The zero-order valence-electron chi connectivity index (χ0n) is 11.7. The summed E-state index contributed by atoms with van der Waals surface area (Å²) in [6.45, 7) is 0.571. The van der Waals surface area contributed by atoms with Crippen LogP contribution >= 0.6 is 0 Å². The normalized spacial score (nSPS) is 20.0. The van der Waals surface area contributed by atoms with E-state index in [0.717, 1.165) is 5.56 Å². The topological polar surface area (TPSA) is 97.5 Å². The van der Waals surface area contributed by atoms with Gasteiger partial charge in [0.25, 0.3) is 0 Å². The third-order valence-corrected chi connectivity index (χ3v) is 7.13. The summed E-state index contributed by atoms with van der Waals surface area (Å²) in [4.78, 5) is 0. The highest BCUT2D eigenvalue weighted by Crippen LogP contribution is 2.17. The summed E-state index contributed by atoms with van der Waals surface area (Å²) < 4.78 is 49.4. The molecule has 1 aromatic carbocycles. The number of hydrogen-bond donors (Lipinski definition) is 1. The summed E-state index contributed by atoms with van der Waals surface area (Å²) in [5, 5.41) is 0. The van der Waals surface area contributed by atoms with Crippen LogP contribution in [-0.4, -0.2) is 45.7 Å². The lowest BCUT2D eigenvalue weighted by Gasteiger charge is -2.20. The van der Waals surface area contributed by atoms with Crippen molar-refractivity contribution in [3.63, 3.8) is 0 Å². The van der Waals surface area contributed by atoms with Crippen molar-refractivity contribution in [1.29, 1.82) is 0 Å². The van der Waals surface area contributed by atoms with Gasteiger partial charge in [0.15, 0.2) is 9.84 Å². The van der Waals surface area contributed by atoms with Gasteiger partial charge in [-0.05, 0) is 17.5 Å². The summed E-state index contributed by atoms with van der Waals surface area (Å²) in [7, 11) is -6.65. The fraction of sp³-hybridized carbons (Fsp3) is 0.538. The summed E-state index contributed by atoms with van der Waals surface area (Å²) in [5.41, 5.74) is 7.09. The Bertz CT molecular complexity index is 699. The van der Waals surface area contributed by atoms with Crippen LogP contribution in [0.5, 0.6) is 0 Å². The maximum atomic E-state index is 12.5. The van der Waals surface area contributed by atoms with Crippen molar-refractivity contribution in [2.45, 2.75) is 18.7 Å². The first-order valence-corrected chi connectivity index (χ1v) is 10.2. The number of sulfone groups is 1. The Labute approximate surface area is 125 Å². The first-order chi connectivity index (χ1) is 9.84. The van der Waals surface area contributed by atoms with Gasteiger partial charge in [-0.2, -0.15) is 0 Å². The zero-order chi connectivity index (χ0) is 15.5. The van der Waals surface area contributed by atoms with Gasteiger partial charge in [-0.1, -0.05) is 24.3 Å². The molecule has 0 saturated carbocycles. The summed E-state index contributed by atoms with van der Waals surface area (Å²) >= 11 is 0. The van der Waals surface area contributed by atoms with Crippen molar-refractivity contribution < 1.29 is 16.8 Å². The van der Waals surface area contributed by atoms with Gasteiger partial charge in [0.05, 0.1) is 17.3 Å². The van der Waals surface area contributed by atoms with Crippen LogP contribution in [0.3, 0.4) is 0 Å². The SMILES string of the molecule is NCc1ccccc1CS(=O)(=O)N1CCCS(=O)(=O)CC1. The zero-order valence-corrected chi connectivity index (χ0v) is 13.4. The molecule has 2 N–H and O–H groups in total. The predicted octanol–water partition coefficient (Wildman–Crippen LogP) is 0.0956. The van der Waals surface area contributed by atoms with E-state index < -0.39 is 19.9 Å². The van der Waals surface area contributed by atoms with E-state index in [-0.39, 0.29) is 36.9 Å². The van der Waals surface area contributed by atoms with Crippen LogP contribution in [0.1, 0.15) is 17.5 Å². The minimum Gasteiger partial charge on any atom is -0.326 e. The van der Waals surface area contributed by atoms with E-state index in [9.17, 15) is 16.8 Å². The number of hydrogen-bond acceptors (Lipinski definition) is 5. The lowest BCUT2D eigenvalue weighted by Crippen LogP contribution is -2.34. The Morgan fingerprint density at radius 2 is 1.76 bits per heavy atom. The highest BCUT2D eigenvalue weighted by atomic mass is 32.2. The Balaban J connectivity index is 2.18. The summed E-state index contributed by atoms with van der Waals surface area (Å²) in [6, 6.07) is 7.14. The van der Waals surface area contributed by atoms with Crippen LogP contribution in [0.15, 0.2) is 24.3 Å². The van der Waals surface area contributed by atoms with E-state index in [1.54, 1.807) is 18.2 Å². The van der Waals surface area contributed by atoms with Crippen molar-refractivity contribution in [2.24, 2.45) is 5.73 Å². The summed E-state index contributed by atoms with van der Waals surface area (Å²) in [5.74, 6) is -0.191. The molecule has 1 aromatic rings. The molecule has 1 aliphatic rings. The minimum absolute atomic E-state index is 0.0372. The van der Waals surface area contributed by atoms with Crippen LogP contribution in [-0.2, 0) is 32.2 Å². The van der Waals surface area contributed by atoms with Crippen molar-refractivity contribution in [3.05, 3.63) is 35.4 Å². The van der Waals surface area contributed by atoms with Crippen LogP contribution in [0.25, 0.3) is 0 Å². The number of sulfonamides is 1. The van der Waals surface area contributed by atoms with Crippen LogP contribution in [0.2, 0.25) is 0 Å². The molecule has 1 fully saturated rings. The van der Waals surface area contributed by atoms with Crippen LogP contribution in [0, 0.1) is 0 Å². The molecule has 0 bridgehead atoms. The third-order valence-electron chi connectivity index (χ3n) is 3.58. The molecule has 8 heteroatoms. The molecule has 0 radical (unpaired) electrons. The Morgan fingerprint density at radius 3 is 2.43 bits per heavy atom. The van der Waals surface area contributed by atoms with Crippen molar-refractivity contribution in [2.75, 3.05) is 24.6 Å². The van der Waals surface area contributed by atoms with Crippen LogP contribution < -0.4 is 5.73 Å². The molecule has 118 valence electrons. The molecule has 0 aromatic heterocycles. The fourth-order valence-electron chi connectivity index (χ4n) is 2.38. The lowest BCUT2D eigenvalue weighted by atomic mass is 10.1. The number of rotatable bonds is 4. The lowest BCUT2D eigenvalue weighted by molar-refractivity contribution is 0.434. The average molecular weight is 332 g/mol. The monoisotopic (exact) mass is 332 g/mol. The van der Waals surface area contributed by atoms with Gasteiger partial charge in [-0.3, -0.25) is 0 Å². The van der Waals surface area contributed by atoms with Crippen molar-refractivity contribution in [3.8, 4) is 0 Å². The van der Waals surface area contributed by atoms with E-state index in [0.29, 0.717) is 12.0 Å². The van der Waals surface area contributed by atoms with Gasteiger partial charge in [0.1, 0.15) is 0 Å². The van der Waals surface area contributed by atoms with Gasteiger partial charge in [-0.15, -0.1) is 0 Å². The van der Waals surface area contributed by atoms with Gasteiger partial charge < -0.3 is 5.73 Å². The molecule has 0 aliphatic carbocycles. The largest absolute Gasteiger partial charge is 0.326 e. The standard InChI is InChI=1S/C13H20N2O4S2/c14-10-12-4-1-2-5-13(12)11-21(18,19)15-6-3-8-20(16,17)9-7-15/h1-2,4-5H,3,6-11,14H2. The minimum atomic E-state index is -3.53. The first kappa shape index (κ1) is 16.4. The molecule has 6 nitrogen and oxygen atoms in total. The Kier molecular flexibility index (Phi) is 5.03. The molecule has 0 atom stereocenters. The summed E-state index contributed by atoms with van der Waals surface area (Å²) in [6.07, 6.45) is 0.347. The molecule has 0 unspecified atom stereocenters. The number of nitrogens with two attached hydrogens (primary N) is 1. The number of benzene rings is 1. The molecule has 1 saturated heterocycles. The van der Waals surface area contributed by atoms with E-state index >= 15 is 0 Å². The molecule has 0 spiro atoms. The van der Waals surface area contributed by atoms with E-state index in [4.69, 9.17) is 5.73 Å². The Morgan fingerprint density at radius 1 is 1.10 bits per heavy atom. The second-order valence-electron chi connectivity index (χ2n) is 5.13. The molecular formula is C13H20N2O4S2. The number of nitrogens with zero attached hydrogens (tertiary/aromatic N) is 1. The molecule has 21 heavy (non-hydrogen) atoms. The van der Waals surface area contributed by atoms with Gasteiger partial charge >= 0.3 is 0 Å². The fourth-order valence-corrected chi connectivity index (χ4v) is 5.40. The van der Waals surface area contributed by atoms with Crippen LogP contribution in [0.4, 0.5) is 0 Å². The van der Waals surface area contributed by atoms with E-state index in [1.807, 2.05) is 6.07 Å². The third kappa shape index (κ3) is 4.26. The first-order valence-electron chi connectivity index (χ1n) is 6.79. The highest BCUT2D eigenvalue weighted by molar-refractivity contribution is 7.91. The molecule has 0 amide bonds. The highest BCUT2D eigenvalue weighted by Gasteiger charge is 2.28.